The zero-order valence-electron chi connectivity index (χ0n) is 21.6. The van der Waals surface area contributed by atoms with E-state index in [9.17, 15) is 19.8 Å². The molecule has 0 aliphatic carbocycles. The third kappa shape index (κ3) is 9.18. The predicted octanol–water partition coefficient (Wildman–Crippen LogP) is 6.62. The number of phenolic OH excluding ortho intramolecular Hbond substituents is 2. The first-order chi connectivity index (χ1) is 19.4. The first kappa shape index (κ1) is 27.6. The number of hydrogen-bond acceptors (Lipinski definition) is 6. The van der Waals surface area contributed by atoms with Crippen molar-refractivity contribution in [1.82, 2.24) is 0 Å². The fourth-order valence-corrected chi connectivity index (χ4v) is 3.53. The second-order valence-electron chi connectivity index (χ2n) is 8.70. The second kappa shape index (κ2) is 14.0. The molecule has 0 unspecified atom stereocenters. The Kier molecular flexibility index (Phi) is 9.65. The van der Waals surface area contributed by atoms with Crippen LogP contribution in [0.15, 0.2) is 97.1 Å². The van der Waals surface area contributed by atoms with Crippen LogP contribution in [0.1, 0.15) is 12.8 Å². The summed E-state index contributed by atoms with van der Waals surface area (Å²) in [6.07, 6.45) is 1.60. The first-order valence-corrected chi connectivity index (χ1v) is 12.6. The van der Waals surface area contributed by atoms with Crippen LogP contribution < -0.4 is 30.7 Å². The van der Waals surface area contributed by atoms with Gasteiger partial charge in [0.1, 0.15) is 23.0 Å². The van der Waals surface area contributed by atoms with Crippen LogP contribution in [-0.2, 0) is 0 Å². The van der Waals surface area contributed by atoms with Gasteiger partial charge in [0, 0.05) is 22.7 Å². The number of rotatable bonds is 11. The van der Waals surface area contributed by atoms with E-state index in [0.717, 1.165) is 12.8 Å². The molecule has 0 aromatic heterocycles. The summed E-state index contributed by atoms with van der Waals surface area (Å²) < 4.78 is 11.5. The van der Waals surface area contributed by atoms with Crippen molar-refractivity contribution in [2.24, 2.45) is 0 Å². The molecule has 40 heavy (non-hydrogen) atoms. The van der Waals surface area contributed by atoms with Crippen molar-refractivity contribution >= 4 is 34.8 Å². The number of unbranched alkanes of at least 4 members (excludes halogenated alkanes) is 1. The van der Waals surface area contributed by atoms with Gasteiger partial charge in [0.15, 0.2) is 0 Å². The largest absolute Gasteiger partial charge is 0.508 e. The Labute approximate surface area is 231 Å². The number of hydrogen-bond donors (Lipinski definition) is 6. The van der Waals surface area contributed by atoms with Crippen molar-refractivity contribution in [3.05, 3.63) is 97.1 Å². The summed E-state index contributed by atoms with van der Waals surface area (Å²) in [4.78, 5) is 24.2. The van der Waals surface area contributed by atoms with E-state index in [0.29, 0.717) is 47.5 Å². The van der Waals surface area contributed by atoms with Crippen LogP contribution in [0.3, 0.4) is 0 Å². The first-order valence-electron chi connectivity index (χ1n) is 12.6. The Balaban J connectivity index is 1.08. The number of carbonyl (C=O) groups excluding carboxylic acids is 2. The number of benzene rings is 4. The minimum absolute atomic E-state index is 0.130. The van der Waals surface area contributed by atoms with Crippen LogP contribution in [-0.4, -0.2) is 35.5 Å². The molecular weight excluding hydrogens is 512 g/mol. The summed E-state index contributed by atoms with van der Waals surface area (Å²) in [6.45, 7) is 1.05. The molecule has 0 bridgehead atoms. The number of carbonyl (C=O) groups is 2. The number of phenols is 2. The molecule has 4 aromatic rings. The van der Waals surface area contributed by atoms with Crippen LogP contribution in [0.2, 0.25) is 0 Å². The third-order valence-electron chi connectivity index (χ3n) is 5.55. The van der Waals surface area contributed by atoms with Gasteiger partial charge in [-0.3, -0.25) is 0 Å². The van der Waals surface area contributed by atoms with Crippen LogP contribution >= 0.6 is 0 Å². The van der Waals surface area contributed by atoms with E-state index in [1.807, 2.05) is 0 Å². The van der Waals surface area contributed by atoms with Crippen molar-refractivity contribution in [2.45, 2.75) is 12.8 Å². The molecule has 0 aliphatic rings. The molecule has 206 valence electrons. The highest BCUT2D eigenvalue weighted by molar-refractivity contribution is 6.00. The van der Waals surface area contributed by atoms with Gasteiger partial charge in [0.05, 0.1) is 13.2 Å². The van der Waals surface area contributed by atoms with Gasteiger partial charge in [-0.05, 0) is 110 Å². The van der Waals surface area contributed by atoms with Gasteiger partial charge in [-0.1, -0.05) is 0 Å². The molecule has 10 nitrogen and oxygen atoms in total. The Morgan fingerprint density at radius 3 is 1.05 bits per heavy atom. The van der Waals surface area contributed by atoms with Crippen LogP contribution in [0.5, 0.6) is 23.0 Å². The highest BCUT2D eigenvalue weighted by atomic mass is 16.5. The highest BCUT2D eigenvalue weighted by Crippen LogP contribution is 2.19. The molecule has 0 radical (unpaired) electrons. The smallest absolute Gasteiger partial charge is 0.323 e. The highest BCUT2D eigenvalue weighted by Gasteiger charge is 2.05. The molecule has 6 N–H and O–H groups in total. The lowest BCUT2D eigenvalue weighted by Gasteiger charge is -2.10. The molecule has 0 heterocycles. The van der Waals surface area contributed by atoms with E-state index in [1.54, 1.807) is 72.8 Å². The summed E-state index contributed by atoms with van der Waals surface area (Å²) in [5.74, 6) is 1.65. The van der Waals surface area contributed by atoms with E-state index in [-0.39, 0.29) is 23.6 Å². The summed E-state index contributed by atoms with van der Waals surface area (Å²) in [5, 5.41) is 29.5. The van der Waals surface area contributed by atoms with Gasteiger partial charge in [-0.2, -0.15) is 0 Å². The monoisotopic (exact) mass is 542 g/mol. The molecule has 0 atom stereocenters. The quantitative estimate of drug-likeness (QED) is 0.0929. The van der Waals surface area contributed by atoms with E-state index in [2.05, 4.69) is 21.3 Å². The third-order valence-corrected chi connectivity index (χ3v) is 5.55. The topological polar surface area (TPSA) is 141 Å². The lowest BCUT2D eigenvalue weighted by atomic mass is 10.3. The van der Waals surface area contributed by atoms with Crippen molar-refractivity contribution in [3.8, 4) is 23.0 Å². The summed E-state index contributed by atoms with van der Waals surface area (Å²) in [5.41, 5.74) is 2.38. The maximum absolute atomic E-state index is 12.1. The minimum Gasteiger partial charge on any atom is -0.508 e. The Hall–Kier alpha value is -5.38. The van der Waals surface area contributed by atoms with Gasteiger partial charge in [0.2, 0.25) is 0 Å². The van der Waals surface area contributed by atoms with Crippen molar-refractivity contribution in [2.75, 3.05) is 34.5 Å². The maximum Gasteiger partial charge on any atom is 0.323 e. The molecule has 10 heteroatoms. The molecule has 4 aromatic carbocycles. The number of urea groups is 2. The van der Waals surface area contributed by atoms with Crippen LogP contribution in [0, 0.1) is 0 Å². The van der Waals surface area contributed by atoms with Gasteiger partial charge in [-0.25, -0.2) is 9.59 Å². The molecule has 0 saturated carbocycles. The minimum atomic E-state index is -0.388. The van der Waals surface area contributed by atoms with Crippen LogP contribution in [0.25, 0.3) is 0 Å². The molecule has 0 saturated heterocycles. The van der Waals surface area contributed by atoms with Crippen molar-refractivity contribution in [1.29, 1.82) is 0 Å². The summed E-state index contributed by atoms with van der Waals surface area (Å²) >= 11 is 0. The van der Waals surface area contributed by atoms with Gasteiger partial charge in [-0.15, -0.1) is 0 Å². The summed E-state index contributed by atoms with van der Waals surface area (Å²) in [6, 6.07) is 25.8. The average Bonchev–Trinajstić information content (AvgIpc) is 2.95. The van der Waals surface area contributed by atoms with Crippen LogP contribution in [0.4, 0.5) is 32.3 Å². The lowest BCUT2D eigenvalue weighted by molar-refractivity contribution is 0.261. The Morgan fingerprint density at radius 1 is 0.475 bits per heavy atom. The van der Waals surface area contributed by atoms with E-state index in [4.69, 9.17) is 9.47 Å². The van der Waals surface area contributed by atoms with Gasteiger partial charge < -0.3 is 41.0 Å². The molecular formula is C30H30N4O6. The van der Waals surface area contributed by atoms with Crippen molar-refractivity contribution < 1.29 is 29.3 Å². The fraction of sp³-hybridized carbons (Fsp3) is 0.133. The second-order valence-corrected chi connectivity index (χ2v) is 8.70. The van der Waals surface area contributed by atoms with Crippen molar-refractivity contribution in [3.63, 3.8) is 0 Å². The Bertz CT molecular complexity index is 1270. The maximum atomic E-state index is 12.1. The van der Waals surface area contributed by atoms with E-state index in [1.165, 1.54) is 24.3 Å². The SMILES string of the molecule is O=C(Nc1ccc(O)cc1)Nc1ccc(OCCCCOc2ccc(NC(=O)Nc3ccc(O)cc3)cc2)cc1. The molecule has 0 aliphatic heterocycles. The number of aromatic hydroxyl groups is 2. The van der Waals surface area contributed by atoms with E-state index < -0.39 is 0 Å². The Morgan fingerprint density at radius 2 is 0.750 bits per heavy atom. The average molecular weight is 543 g/mol. The molecule has 0 fully saturated rings. The predicted molar refractivity (Wildman–Crippen MR) is 155 cm³/mol. The van der Waals surface area contributed by atoms with E-state index >= 15 is 0 Å². The number of ether oxygens (including phenoxy) is 2. The zero-order valence-corrected chi connectivity index (χ0v) is 21.6. The molecule has 0 spiro atoms. The zero-order chi connectivity index (χ0) is 28.2. The van der Waals surface area contributed by atoms with Gasteiger partial charge >= 0.3 is 12.1 Å². The number of nitrogens with one attached hydrogen (secondary N) is 4. The molecule has 4 rings (SSSR count). The van der Waals surface area contributed by atoms with Gasteiger partial charge in [0.25, 0.3) is 0 Å². The number of anilines is 4. The normalized spacial score (nSPS) is 10.3. The fourth-order valence-electron chi connectivity index (χ4n) is 3.53. The standard InChI is InChI=1S/C30H30N4O6/c35-25-11-3-21(4-12-25)31-29(37)33-23-7-15-27(16-8-23)39-19-1-2-20-40-28-17-9-24(10-18-28)34-30(38)32-22-5-13-26(36)14-6-22/h3-18,35-36H,1-2,19-20H2,(H2,31,33,37)(H2,32,34,38). The lowest BCUT2D eigenvalue weighted by Crippen LogP contribution is -2.19. The number of amides is 4. The summed E-state index contributed by atoms with van der Waals surface area (Å²) in [7, 11) is 0. The molecule has 4 amide bonds.